The smallest absolute Gasteiger partial charge is 0.150 e. The lowest BCUT2D eigenvalue weighted by Gasteiger charge is -2.04. The maximum Gasteiger partial charge on any atom is 0.150 e. The van der Waals surface area contributed by atoms with Crippen LogP contribution >= 0.6 is 0 Å². The van der Waals surface area contributed by atoms with Crippen LogP contribution in [0.3, 0.4) is 0 Å². The van der Waals surface area contributed by atoms with E-state index in [2.05, 4.69) is 10.2 Å². The van der Waals surface area contributed by atoms with Gasteiger partial charge in [0.25, 0.3) is 0 Å². The predicted molar refractivity (Wildman–Crippen MR) is 76.3 cm³/mol. The second kappa shape index (κ2) is 7.35. The van der Waals surface area contributed by atoms with Crippen LogP contribution in [-0.4, -0.2) is 33.1 Å². The van der Waals surface area contributed by atoms with Crippen molar-refractivity contribution in [3.8, 4) is 0 Å². The first kappa shape index (κ1) is 15.7. The van der Waals surface area contributed by atoms with Crippen LogP contribution in [0.1, 0.15) is 22.8 Å². The standard InChI is InChI=1S/C14H22N4O3/c1-11-5-13(15-17(11)3)7-19-9-21-10-20-8-14-6-12(2)18(4)16-14/h5-6H,7-10H2,1-4H3. The van der Waals surface area contributed by atoms with Gasteiger partial charge in [-0.15, -0.1) is 0 Å². The van der Waals surface area contributed by atoms with Gasteiger partial charge in [-0.2, -0.15) is 10.2 Å². The minimum Gasteiger partial charge on any atom is -0.349 e. The third-order valence-corrected chi connectivity index (χ3v) is 3.16. The molecular formula is C14H22N4O3. The summed E-state index contributed by atoms with van der Waals surface area (Å²) in [6.45, 7) is 5.22. The molecule has 0 bridgehead atoms. The Balaban J connectivity index is 1.54. The normalized spacial score (nSPS) is 11.2. The molecule has 0 spiro atoms. The van der Waals surface area contributed by atoms with E-state index in [1.807, 2.05) is 49.4 Å². The Bertz CT molecular complexity index is 488. The van der Waals surface area contributed by atoms with E-state index < -0.39 is 0 Å². The number of hydrogen-bond donors (Lipinski definition) is 0. The summed E-state index contributed by atoms with van der Waals surface area (Å²) in [5.41, 5.74) is 3.99. The Morgan fingerprint density at radius 3 is 1.57 bits per heavy atom. The highest BCUT2D eigenvalue weighted by Crippen LogP contribution is 2.04. The van der Waals surface area contributed by atoms with Gasteiger partial charge in [0.2, 0.25) is 0 Å². The van der Waals surface area contributed by atoms with Gasteiger partial charge in [0.05, 0.1) is 24.6 Å². The minimum atomic E-state index is 0.177. The molecule has 2 aromatic rings. The molecule has 0 saturated heterocycles. The van der Waals surface area contributed by atoms with E-state index in [4.69, 9.17) is 14.2 Å². The molecule has 0 aromatic carbocycles. The fourth-order valence-electron chi connectivity index (χ4n) is 1.86. The molecule has 0 unspecified atom stereocenters. The molecular weight excluding hydrogens is 272 g/mol. The Kier molecular flexibility index (Phi) is 5.49. The average molecular weight is 294 g/mol. The lowest BCUT2D eigenvalue weighted by molar-refractivity contribution is -0.140. The Labute approximate surface area is 124 Å². The van der Waals surface area contributed by atoms with Gasteiger partial charge in [0.15, 0.2) is 0 Å². The van der Waals surface area contributed by atoms with Gasteiger partial charge in [-0.1, -0.05) is 0 Å². The van der Waals surface area contributed by atoms with Gasteiger partial charge >= 0.3 is 0 Å². The molecule has 0 saturated carbocycles. The van der Waals surface area contributed by atoms with Crippen LogP contribution < -0.4 is 0 Å². The number of ether oxygens (including phenoxy) is 3. The molecule has 7 nitrogen and oxygen atoms in total. The van der Waals surface area contributed by atoms with Gasteiger partial charge < -0.3 is 14.2 Å². The van der Waals surface area contributed by atoms with Crippen molar-refractivity contribution in [2.24, 2.45) is 14.1 Å². The highest BCUT2D eigenvalue weighted by atomic mass is 16.7. The second-order valence-electron chi connectivity index (χ2n) is 4.94. The van der Waals surface area contributed by atoms with Crippen molar-refractivity contribution in [3.63, 3.8) is 0 Å². The summed E-state index contributed by atoms with van der Waals surface area (Å²) in [4.78, 5) is 0. The molecule has 0 aliphatic rings. The van der Waals surface area contributed by atoms with Crippen molar-refractivity contribution in [2.75, 3.05) is 13.6 Å². The van der Waals surface area contributed by atoms with Gasteiger partial charge in [-0.3, -0.25) is 9.36 Å². The van der Waals surface area contributed by atoms with Crippen LogP contribution in [0.2, 0.25) is 0 Å². The Morgan fingerprint density at radius 2 is 1.24 bits per heavy atom. The number of nitrogens with zero attached hydrogens (tertiary/aromatic N) is 4. The summed E-state index contributed by atoms with van der Waals surface area (Å²) in [6.07, 6.45) is 0. The summed E-state index contributed by atoms with van der Waals surface area (Å²) in [5.74, 6) is 0. The molecule has 0 aliphatic heterocycles. The van der Waals surface area contributed by atoms with E-state index in [9.17, 15) is 0 Å². The molecule has 2 heterocycles. The summed E-state index contributed by atoms with van der Waals surface area (Å²) in [6, 6.07) is 3.97. The fraction of sp³-hybridized carbons (Fsp3) is 0.571. The van der Waals surface area contributed by atoms with Crippen LogP contribution in [-0.2, 0) is 41.5 Å². The van der Waals surface area contributed by atoms with Crippen molar-refractivity contribution in [2.45, 2.75) is 27.1 Å². The largest absolute Gasteiger partial charge is 0.349 e. The van der Waals surface area contributed by atoms with E-state index in [1.54, 1.807) is 0 Å². The van der Waals surface area contributed by atoms with E-state index in [1.165, 1.54) is 0 Å². The maximum absolute atomic E-state index is 5.37. The SMILES string of the molecule is Cc1cc(COCOCOCc2cc(C)n(C)n2)nn1C. The maximum atomic E-state index is 5.37. The molecule has 0 aliphatic carbocycles. The molecule has 0 radical (unpaired) electrons. The zero-order chi connectivity index (χ0) is 15.2. The molecule has 116 valence electrons. The minimum absolute atomic E-state index is 0.177. The lowest BCUT2D eigenvalue weighted by Crippen LogP contribution is -2.05. The quantitative estimate of drug-likeness (QED) is 0.544. The summed E-state index contributed by atoms with van der Waals surface area (Å²) in [7, 11) is 3.81. The Hall–Kier alpha value is -1.70. The topological polar surface area (TPSA) is 63.3 Å². The lowest BCUT2D eigenvalue weighted by atomic mass is 10.4. The predicted octanol–water partition coefficient (Wildman–Crippen LogP) is 1.44. The Morgan fingerprint density at radius 1 is 0.810 bits per heavy atom. The van der Waals surface area contributed by atoms with Crippen LogP contribution in [0.5, 0.6) is 0 Å². The molecule has 0 N–H and O–H groups in total. The van der Waals surface area contributed by atoms with E-state index in [-0.39, 0.29) is 13.6 Å². The van der Waals surface area contributed by atoms with Gasteiger partial charge in [-0.05, 0) is 26.0 Å². The van der Waals surface area contributed by atoms with E-state index in [0.717, 1.165) is 22.8 Å². The van der Waals surface area contributed by atoms with Crippen molar-refractivity contribution in [1.29, 1.82) is 0 Å². The van der Waals surface area contributed by atoms with Crippen molar-refractivity contribution >= 4 is 0 Å². The third kappa shape index (κ3) is 4.66. The molecule has 0 atom stereocenters. The zero-order valence-corrected chi connectivity index (χ0v) is 13.0. The first-order chi connectivity index (χ1) is 10.1. The average Bonchev–Trinajstić information content (AvgIpc) is 2.92. The van der Waals surface area contributed by atoms with Crippen LogP contribution in [0.4, 0.5) is 0 Å². The monoisotopic (exact) mass is 294 g/mol. The molecule has 2 rings (SSSR count). The molecule has 7 heteroatoms. The number of rotatable bonds is 8. The summed E-state index contributed by atoms with van der Waals surface area (Å²) in [5, 5.41) is 8.58. The van der Waals surface area contributed by atoms with Crippen molar-refractivity contribution in [3.05, 3.63) is 34.9 Å². The molecule has 0 fully saturated rings. The van der Waals surface area contributed by atoms with E-state index >= 15 is 0 Å². The van der Waals surface area contributed by atoms with Gasteiger partial charge in [0.1, 0.15) is 13.6 Å². The zero-order valence-electron chi connectivity index (χ0n) is 13.0. The van der Waals surface area contributed by atoms with Crippen molar-refractivity contribution < 1.29 is 14.2 Å². The van der Waals surface area contributed by atoms with Gasteiger partial charge in [0, 0.05) is 25.5 Å². The first-order valence-corrected chi connectivity index (χ1v) is 6.78. The van der Waals surface area contributed by atoms with Crippen LogP contribution in [0, 0.1) is 13.8 Å². The van der Waals surface area contributed by atoms with Crippen LogP contribution in [0.25, 0.3) is 0 Å². The highest BCUT2D eigenvalue weighted by molar-refractivity contribution is 5.07. The van der Waals surface area contributed by atoms with E-state index in [0.29, 0.717) is 13.2 Å². The molecule has 0 amide bonds. The fourth-order valence-corrected chi connectivity index (χ4v) is 1.86. The first-order valence-electron chi connectivity index (χ1n) is 6.78. The molecule has 21 heavy (non-hydrogen) atoms. The second-order valence-corrected chi connectivity index (χ2v) is 4.94. The van der Waals surface area contributed by atoms with Crippen LogP contribution in [0.15, 0.2) is 12.1 Å². The molecule has 2 aromatic heterocycles. The highest BCUT2D eigenvalue weighted by Gasteiger charge is 2.02. The third-order valence-electron chi connectivity index (χ3n) is 3.16. The van der Waals surface area contributed by atoms with Gasteiger partial charge in [-0.25, -0.2) is 0 Å². The summed E-state index contributed by atoms with van der Waals surface area (Å²) < 4.78 is 19.6. The number of aromatic nitrogens is 4. The number of aryl methyl sites for hydroxylation is 4. The number of hydrogen-bond acceptors (Lipinski definition) is 5. The van der Waals surface area contributed by atoms with Crippen molar-refractivity contribution in [1.82, 2.24) is 19.6 Å². The summed E-state index contributed by atoms with van der Waals surface area (Å²) >= 11 is 0.